The average Bonchev–Trinajstić information content (AvgIpc) is 3.36. The molecule has 1 fully saturated rings. The first-order chi connectivity index (χ1) is 16.9. The number of benzene rings is 2. The van der Waals surface area contributed by atoms with Crippen LogP contribution in [0.2, 0.25) is 0 Å². The molecule has 1 aliphatic carbocycles. The van der Waals surface area contributed by atoms with Gasteiger partial charge in [-0.1, -0.05) is 42.5 Å². The second-order valence-corrected chi connectivity index (χ2v) is 10.2. The van der Waals surface area contributed by atoms with Gasteiger partial charge in [0, 0.05) is 18.8 Å². The van der Waals surface area contributed by atoms with E-state index < -0.39 is 32.7 Å². The number of sulfonamides is 1. The first kappa shape index (κ1) is 24.8. The number of aromatic nitrogens is 1. The van der Waals surface area contributed by atoms with E-state index in [1.807, 2.05) is 6.07 Å². The van der Waals surface area contributed by atoms with Crippen molar-refractivity contribution in [1.29, 1.82) is 0 Å². The number of ether oxygens (including phenoxy) is 1. The zero-order valence-electron chi connectivity index (χ0n) is 19.2. The summed E-state index contributed by atoms with van der Waals surface area (Å²) in [6, 6.07) is 16.5. The van der Waals surface area contributed by atoms with Crippen LogP contribution in [0.5, 0.6) is 5.88 Å². The molecule has 9 heteroatoms. The number of carbonyl (C=O) groups excluding carboxylic acids is 1. The van der Waals surface area contributed by atoms with E-state index in [-0.39, 0.29) is 19.1 Å². The average molecular weight is 498 g/mol. The number of hydrogen-bond donors (Lipinski definition) is 2. The number of amides is 1. The number of rotatable bonds is 10. The lowest BCUT2D eigenvalue weighted by atomic mass is 10.1. The van der Waals surface area contributed by atoms with Crippen molar-refractivity contribution in [3.8, 4) is 5.88 Å². The van der Waals surface area contributed by atoms with E-state index in [4.69, 9.17) is 4.74 Å². The van der Waals surface area contributed by atoms with Gasteiger partial charge < -0.3 is 10.1 Å². The van der Waals surface area contributed by atoms with Gasteiger partial charge in [-0.25, -0.2) is 17.8 Å². The van der Waals surface area contributed by atoms with Crippen molar-refractivity contribution in [2.75, 3.05) is 0 Å². The standard InChI is InChI=1S/C26H28FN3O4S/c27-22-12-6-7-13-24(22)35(32,33)30-23(16-19-8-2-1-3-9-19)26(31)29-18-20-14-15-28-25(17-20)34-21-10-4-5-11-21/h1-3,6-9,12-15,17,21,23,30H,4-5,10-11,16,18H2,(H,29,31)/t23-/m0/s1. The third-order valence-electron chi connectivity index (χ3n) is 5.88. The van der Waals surface area contributed by atoms with Gasteiger partial charge in [-0.15, -0.1) is 0 Å². The molecule has 0 unspecified atom stereocenters. The SMILES string of the molecule is O=C(NCc1ccnc(OC2CCCC2)c1)[C@H](Cc1ccccc1)NS(=O)(=O)c1ccccc1F. The molecule has 1 saturated carbocycles. The molecule has 1 atom stereocenters. The quantitative estimate of drug-likeness (QED) is 0.445. The molecule has 0 bridgehead atoms. The minimum Gasteiger partial charge on any atom is -0.474 e. The molecule has 1 heterocycles. The minimum absolute atomic E-state index is 0.104. The maximum absolute atomic E-state index is 14.2. The van der Waals surface area contributed by atoms with E-state index >= 15 is 0 Å². The summed E-state index contributed by atoms with van der Waals surface area (Å²) in [5.74, 6) is -0.904. The van der Waals surface area contributed by atoms with Crippen molar-refractivity contribution in [1.82, 2.24) is 15.0 Å². The molecule has 0 spiro atoms. The third-order valence-corrected chi connectivity index (χ3v) is 7.38. The lowest BCUT2D eigenvalue weighted by Gasteiger charge is -2.19. The highest BCUT2D eigenvalue weighted by atomic mass is 32.2. The van der Waals surface area contributed by atoms with Crippen LogP contribution in [0.1, 0.15) is 36.8 Å². The molecular formula is C26H28FN3O4S. The Morgan fingerprint density at radius 2 is 1.74 bits per heavy atom. The molecular weight excluding hydrogens is 469 g/mol. The highest BCUT2D eigenvalue weighted by molar-refractivity contribution is 7.89. The van der Waals surface area contributed by atoms with Crippen LogP contribution in [0.4, 0.5) is 4.39 Å². The molecule has 1 aromatic heterocycles. The monoisotopic (exact) mass is 497 g/mol. The number of pyridine rings is 1. The Morgan fingerprint density at radius 3 is 2.49 bits per heavy atom. The van der Waals surface area contributed by atoms with Crippen molar-refractivity contribution < 1.29 is 22.3 Å². The molecule has 1 aliphatic rings. The van der Waals surface area contributed by atoms with Crippen LogP contribution in [-0.4, -0.2) is 31.5 Å². The van der Waals surface area contributed by atoms with Crippen molar-refractivity contribution in [2.45, 2.75) is 55.7 Å². The van der Waals surface area contributed by atoms with Gasteiger partial charge in [0.05, 0.1) is 0 Å². The van der Waals surface area contributed by atoms with Gasteiger partial charge in [-0.2, -0.15) is 4.72 Å². The van der Waals surface area contributed by atoms with Gasteiger partial charge in [0.2, 0.25) is 21.8 Å². The second kappa shape index (κ2) is 11.4. The number of nitrogens with one attached hydrogen (secondary N) is 2. The number of carbonyl (C=O) groups is 1. The summed E-state index contributed by atoms with van der Waals surface area (Å²) in [5, 5.41) is 2.79. The van der Waals surface area contributed by atoms with Gasteiger partial charge >= 0.3 is 0 Å². The van der Waals surface area contributed by atoms with Gasteiger partial charge in [-0.05, 0) is 61.4 Å². The van der Waals surface area contributed by atoms with Crippen LogP contribution in [0, 0.1) is 5.82 Å². The fourth-order valence-electron chi connectivity index (χ4n) is 4.07. The van der Waals surface area contributed by atoms with Crippen LogP contribution in [-0.2, 0) is 27.8 Å². The topological polar surface area (TPSA) is 97.4 Å². The van der Waals surface area contributed by atoms with Gasteiger partial charge in [-0.3, -0.25) is 4.79 Å². The number of nitrogens with zero attached hydrogens (tertiary/aromatic N) is 1. The highest BCUT2D eigenvalue weighted by Gasteiger charge is 2.28. The molecule has 35 heavy (non-hydrogen) atoms. The fraction of sp³-hybridized carbons (Fsp3) is 0.308. The van der Waals surface area contributed by atoms with Crippen molar-refractivity contribution in [2.24, 2.45) is 0 Å². The van der Waals surface area contributed by atoms with Crippen LogP contribution in [0.25, 0.3) is 0 Å². The highest BCUT2D eigenvalue weighted by Crippen LogP contribution is 2.23. The van der Waals surface area contributed by atoms with Crippen molar-refractivity contribution in [3.63, 3.8) is 0 Å². The normalized spacial score (nSPS) is 15.0. The largest absolute Gasteiger partial charge is 0.474 e. The summed E-state index contributed by atoms with van der Waals surface area (Å²) in [4.78, 5) is 16.8. The zero-order chi connectivity index (χ0) is 24.7. The lowest BCUT2D eigenvalue weighted by molar-refractivity contribution is -0.122. The Bertz CT molecular complexity index is 1250. The summed E-state index contributed by atoms with van der Waals surface area (Å²) < 4.78 is 48.3. The van der Waals surface area contributed by atoms with E-state index in [0.29, 0.717) is 5.88 Å². The maximum Gasteiger partial charge on any atom is 0.244 e. The van der Waals surface area contributed by atoms with E-state index in [2.05, 4.69) is 15.0 Å². The molecule has 184 valence electrons. The lowest BCUT2D eigenvalue weighted by Crippen LogP contribution is -2.47. The molecule has 1 amide bonds. The van der Waals surface area contributed by atoms with Gasteiger partial charge in [0.15, 0.2) is 0 Å². The molecule has 2 N–H and O–H groups in total. The van der Waals surface area contributed by atoms with E-state index in [9.17, 15) is 17.6 Å². The van der Waals surface area contributed by atoms with Gasteiger partial charge in [0.25, 0.3) is 0 Å². The predicted molar refractivity (Wildman–Crippen MR) is 130 cm³/mol. The van der Waals surface area contributed by atoms with Crippen LogP contribution >= 0.6 is 0 Å². The van der Waals surface area contributed by atoms with Crippen LogP contribution < -0.4 is 14.8 Å². The smallest absolute Gasteiger partial charge is 0.244 e. The fourth-order valence-corrected chi connectivity index (χ4v) is 5.34. The first-order valence-electron chi connectivity index (χ1n) is 11.6. The predicted octanol–water partition coefficient (Wildman–Crippen LogP) is 3.75. The van der Waals surface area contributed by atoms with Crippen molar-refractivity contribution >= 4 is 15.9 Å². The maximum atomic E-state index is 14.2. The first-order valence-corrected chi connectivity index (χ1v) is 13.1. The molecule has 2 aromatic carbocycles. The summed E-state index contributed by atoms with van der Waals surface area (Å²) in [7, 11) is -4.27. The molecule has 0 aliphatic heterocycles. The second-order valence-electron chi connectivity index (χ2n) is 8.54. The molecule has 4 rings (SSSR count). The Balaban J connectivity index is 1.47. The Hall–Kier alpha value is -3.30. The molecule has 3 aromatic rings. The van der Waals surface area contributed by atoms with Crippen LogP contribution in [0.15, 0.2) is 77.8 Å². The van der Waals surface area contributed by atoms with Crippen LogP contribution in [0.3, 0.4) is 0 Å². The summed E-state index contributed by atoms with van der Waals surface area (Å²) in [5.41, 5.74) is 1.54. The molecule has 0 radical (unpaired) electrons. The molecule has 0 saturated heterocycles. The summed E-state index contributed by atoms with van der Waals surface area (Å²) in [6.07, 6.45) is 6.19. The van der Waals surface area contributed by atoms with E-state index in [1.54, 1.807) is 42.6 Å². The van der Waals surface area contributed by atoms with E-state index in [1.165, 1.54) is 12.1 Å². The third kappa shape index (κ3) is 6.86. The minimum atomic E-state index is -4.27. The number of halogens is 1. The Kier molecular flexibility index (Phi) is 8.09. The van der Waals surface area contributed by atoms with Crippen molar-refractivity contribution in [3.05, 3.63) is 89.9 Å². The zero-order valence-corrected chi connectivity index (χ0v) is 20.0. The Labute approximate surface area is 204 Å². The van der Waals surface area contributed by atoms with E-state index in [0.717, 1.165) is 48.9 Å². The number of hydrogen-bond acceptors (Lipinski definition) is 5. The Morgan fingerprint density at radius 1 is 1.03 bits per heavy atom. The van der Waals surface area contributed by atoms with Gasteiger partial charge in [0.1, 0.15) is 22.9 Å². The summed E-state index contributed by atoms with van der Waals surface area (Å²) >= 11 is 0. The molecule has 7 nitrogen and oxygen atoms in total. The summed E-state index contributed by atoms with van der Waals surface area (Å²) in [6.45, 7) is 0.162.